The number of phenols is 1. The van der Waals surface area contributed by atoms with Crippen LogP contribution in [0.15, 0.2) is 41.0 Å². The van der Waals surface area contributed by atoms with Gasteiger partial charge in [-0.05, 0) is 30.3 Å². The molecule has 0 spiro atoms. The van der Waals surface area contributed by atoms with Crippen molar-refractivity contribution in [2.45, 2.75) is 0 Å². The maximum absolute atomic E-state index is 12.0. The van der Waals surface area contributed by atoms with Crippen molar-refractivity contribution in [3.63, 3.8) is 0 Å². The first kappa shape index (κ1) is 14.0. The van der Waals surface area contributed by atoms with Crippen molar-refractivity contribution in [3.8, 4) is 5.75 Å². The smallest absolute Gasteiger partial charge is 0.354 e. The van der Waals surface area contributed by atoms with Gasteiger partial charge in [-0.1, -0.05) is 15.9 Å². The third-order valence-corrected chi connectivity index (χ3v) is 2.94. The quantitative estimate of drug-likeness (QED) is 0.799. The molecular formula is C13H9BrN2O4. The number of aromatic carboxylic acids is 1. The summed E-state index contributed by atoms with van der Waals surface area (Å²) in [6.45, 7) is 0. The average molecular weight is 337 g/mol. The number of carboxylic acid groups (broad SMARTS) is 1. The van der Waals surface area contributed by atoms with Gasteiger partial charge < -0.3 is 15.5 Å². The van der Waals surface area contributed by atoms with Crippen molar-refractivity contribution in [2.24, 2.45) is 0 Å². The number of aromatic nitrogens is 1. The highest BCUT2D eigenvalue weighted by Crippen LogP contribution is 2.22. The Morgan fingerprint density at radius 3 is 2.55 bits per heavy atom. The van der Waals surface area contributed by atoms with Gasteiger partial charge in [0.25, 0.3) is 5.91 Å². The summed E-state index contributed by atoms with van der Waals surface area (Å²) < 4.78 is 0.653. The molecule has 0 fully saturated rings. The molecule has 2 rings (SSSR count). The Labute approximate surface area is 122 Å². The number of pyridine rings is 1. The van der Waals surface area contributed by atoms with Gasteiger partial charge in [-0.3, -0.25) is 4.79 Å². The molecule has 0 bridgehead atoms. The lowest BCUT2D eigenvalue weighted by Gasteiger charge is -2.07. The second-order valence-corrected chi connectivity index (χ2v) is 4.77. The number of hydrogen-bond acceptors (Lipinski definition) is 4. The molecule has 7 heteroatoms. The number of benzene rings is 1. The fourth-order valence-electron chi connectivity index (χ4n) is 1.48. The van der Waals surface area contributed by atoms with E-state index in [9.17, 15) is 14.7 Å². The van der Waals surface area contributed by atoms with Crippen molar-refractivity contribution in [3.05, 3.63) is 52.3 Å². The van der Waals surface area contributed by atoms with E-state index in [2.05, 4.69) is 26.2 Å². The molecule has 0 unspecified atom stereocenters. The first-order chi connectivity index (χ1) is 9.47. The molecule has 1 aromatic heterocycles. The standard InChI is InChI=1S/C13H9BrN2O4/c14-7-1-4-11(17)9(5-7)12(18)16-8-2-3-10(13(19)20)15-6-8/h1-6,17H,(H,16,18)(H,19,20). The number of carboxylic acids is 1. The number of nitrogens with zero attached hydrogens (tertiary/aromatic N) is 1. The Bertz CT molecular complexity index is 671. The molecule has 1 amide bonds. The summed E-state index contributed by atoms with van der Waals surface area (Å²) in [5.74, 6) is -1.82. The van der Waals surface area contributed by atoms with E-state index in [-0.39, 0.29) is 17.0 Å². The van der Waals surface area contributed by atoms with Crippen molar-refractivity contribution in [1.82, 2.24) is 4.98 Å². The highest BCUT2D eigenvalue weighted by molar-refractivity contribution is 9.10. The van der Waals surface area contributed by atoms with Gasteiger partial charge in [-0.15, -0.1) is 0 Å². The first-order valence-corrected chi connectivity index (χ1v) is 6.26. The van der Waals surface area contributed by atoms with Crippen molar-refractivity contribution in [1.29, 1.82) is 0 Å². The van der Waals surface area contributed by atoms with Crippen molar-refractivity contribution >= 4 is 33.5 Å². The van der Waals surface area contributed by atoms with Gasteiger partial charge in [-0.25, -0.2) is 9.78 Å². The molecule has 0 saturated carbocycles. The number of carbonyl (C=O) groups excluding carboxylic acids is 1. The zero-order valence-electron chi connectivity index (χ0n) is 10.0. The van der Waals surface area contributed by atoms with Crippen LogP contribution in [0.1, 0.15) is 20.8 Å². The molecule has 3 N–H and O–H groups in total. The third-order valence-electron chi connectivity index (χ3n) is 2.44. The lowest BCUT2D eigenvalue weighted by molar-refractivity contribution is 0.0690. The van der Waals surface area contributed by atoms with Crippen LogP contribution in [0.5, 0.6) is 5.75 Å². The van der Waals surface area contributed by atoms with Crippen LogP contribution < -0.4 is 5.32 Å². The van der Waals surface area contributed by atoms with Crippen LogP contribution >= 0.6 is 15.9 Å². The van der Waals surface area contributed by atoms with Gasteiger partial charge in [0.2, 0.25) is 0 Å². The van der Waals surface area contributed by atoms with Crippen LogP contribution in [0.25, 0.3) is 0 Å². The zero-order chi connectivity index (χ0) is 14.7. The summed E-state index contributed by atoms with van der Waals surface area (Å²) in [5, 5.41) is 20.9. The minimum atomic E-state index is -1.15. The summed E-state index contributed by atoms with van der Waals surface area (Å²) in [4.78, 5) is 26.3. The van der Waals surface area contributed by atoms with Crippen LogP contribution in [0.2, 0.25) is 0 Å². The van der Waals surface area contributed by atoms with E-state index in [4.69, 9.17) is 5.11 Å². The molecule has 6 nitrogen and oxygen atoms in total. The molecule has 2 aromatic rings. The fraction of sp³-hybridized carbons (Fsp3) is 0. The van der Waals surface area contributed by atoms with E-state index >= 15 is 0 Å². The van der Waals surface area contributed by atoms with Crippen LogP contribution in [0.4, 0.5) is 5.69 Å². The maximum atomic E-state index is 12.0. The van der Waals surface area contributed by atoms with E-state index in [1.807, 2.05) is 0 Å². The second kappa shape index (κ2) is 5.70. The summed E-state index contributed by atoms with van der Waals surface area (Å²) in [7, 11) is 0. The molecule has 0 aliphatic heterocycles. The Morgan fingerprint density at radius 2 is 1.95 bits per heavy atom. The molecule has 1 heterocycles. The first-order valence-electron chi connectivity index (χ1n) is 5.46. The van der Waals surface area contributed by atoms with Crippen molar-refractivity contribution < 1.29 is 19.8 Å². The summed E-state index contributed by atoms with van der Waals surface area (Å²) in [6.07, 6.45) is 1.23. The van der Waals surface area contributed by atoms with Crippen molar-refractivity contribution in [2.75, 3.05) is 5.32 Å². The minimum Gasteiger partial charge on any atom is -0.507 e. The Balaban J connectivity index is 2.19. The molecule has 0 saturated heterocycles. The van der Waals surface area contributed by atoms with Crippen LogP contribution in [0.3, 0.4) is 0 Å². The number of phenolic OH excluding ortho intramolecular Hbond substituents is 1. The van der Waals surface area contributed by atoms with Gasteiger partial charge in [0, 0.05) is 4.47 Å². The number of amides is 1. The number of carbonyl (C=O) groups is 2. The van der Waals surface area contributed by atoms with E-state index < -0.39 is 11.9 Å². The van der Waals surface area contributed by atoms with Gasteiger partial charge in [0.05, 0.1) is 17.4 Å². The average Bonchev–Trinajstić information content (AvgIpc) is 2.42. The van der Waals surface area contributed by atoms with Gasteiger partial charge in [-0.2, -0.15) is 0 Å². The Hall–Kier alpha value is -2.41. The van der Waals surface area contributed by atoms with Crippen LogP contribution in [-0.4, -0.2) is 27.1 Å². The minimum absolute atomic E-state index is 0.0988. The van der Waals surface area contributed by atoms with Crippen LogP contribution in [-0.2, 0) is 0 Å². The molecule has 102 valence electrons. The number of rotatable bonds is 3. The predicted molar refractivity (Wildman–Crippen MR) is 75.0 cm³/mol. The normalized spacial score (nSPS) is 10.1. The largest absolute Gasteiger partial charge is 0.507 e. The lowest BCUT2D eigenvalue weighted by Crippen LogP contribution is -2.12. The van der Waals surface area contributed by atoms with Gasteiger partial charge in [0.15, 0.2) is 0 Å². The number of hydrogen-bond donors (Lipinski definition) is 3. The molecule has 0 radical (unpaired) electrons. The maximum Gasteiger partial charge on any atom is 0.354 e. The molecule has 0 atom stereocenters. The van der Waals surface area contributed by atoms with Gasteiger partial charge >= 0.3 is 5.97 Å². The number of nitrogens with one attached hydrogen (secondary N) is 1. The SMILES string of the molecule is O=C(O)c1ccc(NC(=O)c2cc(Br)ccc2O)cn1. The van der Waals surface area contributed by atoms with Crippen LogP contribution in [0, 0.1) is 0 Å². The Kier molecular flexibility index (Phi) is 3.99. The highest BCUT2D eigenvalue weighted by Gasteiger charge is 2.12. The van der Waals surface area contributed by atoms with E-state index in [1.165, 1.54) is 30.5 Å². The Morgan fingerprint density at radius 1 is 1.20 bits per heavy atom. The number of halogens is 1. The lowest BCUT2D eigenvalue weighted by atomic mass is 10.2. The monoisotopic (exact) mass is 336 g/mol. The molecular weight excluding hydrogens is 328 g/mol. The summed E-state index contributed by atoms with van der Waals surface area (Å²) >= 11 is 3.21. The van der Waals surface area contributed by atoms with Gasteiger partial charge in [0.1, 0.15) is 11.4 Å². The predicted octanol–water partition coefficient (Wildman–Crippen LogP) is 2.50. The fourth-order valence-corrected chi connectivity index (χ4v) is 1.84. The van der Waals surface area contributed by atoms with E-state index in [1.54, 1.807) is 6.07 Å². The second-order valence-electron chi connectivity index (χ2n) is 3.85. The third kappa shape index (κ3) is 3.12. The topological polar surface area (TPSA) is 99.5 Å². The van der Waals surface area contributed by atoms with E-state index in [0.29, 0.717) is 10.2 Å². The molecule has 1 aromatic carbocycles. The zero-order valence-corrected chi connectivity index (χ0v) is 11.6. The molecule has 20 heavy (non-hydrogen) atoms. The summed E-state index contributed by atoms with van der Waals surface area (Å²) in [5.41, 5.74) is 0.314. The molecule has 0 aliphatic rings. The summed E-state index contributed by atoms with van der Waals surface area (Å²) in [6, 6.07) is 7.17. The highest BCUT2D eigenvalue weighted by atomic mass is 79.9. The number of anilines is 1. The molecule has 0 aliphatic carbocycles. The number of aromatic hydroxyl groups is 1. The van der Waals surface area contributed by atoms with E-state index in [0.717, 1.165) is 0 Å².